The van der Waals surface area contributed by atoms with Crippen LogP contribution in [0.5, 0.6) is 5.75 Å². The van der Waals surface area contributed by atoms with Crippen LogP contribution < -0.4 is 4.74 Å². The molecule has 2 aromatic carbocycles. The van der Waals surface area contributed by atoms with Gasteiger partial charge in [-0.05, 0) is 36.4 Å². The minimum Gasteiger partial charge on any atom is -0.496 e. The minimum atomic E-state index is -0.288. The molecule has 3 nitrogen and oxygen atoms in total. The third-order valence-electron chi connectivity index (χ3n) is 2.86. The summed E-state index contributed by atoms with van der Waals surface area (Å²) in [6.07, 6.45) is 0. The van der Waals surface area contributed by atoms with Crippen LogP contribution in [0.15, 0.2) is 40.9 Å². The molecule has 0 aliphatic carbocycles. The Morgan fingerprint density at radius 1 is 1.21 bits per heavy atom. The smallest absolute Gasteiger partial charge is 0.142 e. The van der Waals surface area contributed by atoms with Crippen LogP contribution in [0, 0.1) is 5.82 Å². The van der Waals surface area contributed by atoms with E-state index < -0.39 is 0 Å². The molecule has 3 rings (SSSR count). The Bertz CT molecular complexity index is 754. The lowest BCUT2D eigenvalue weighted by atomic mass is 10.2. The van der Waals surface area contributed by atoms with Crippen LogP contribution in [0.3, 0.4) is 0 Å². The zero-order valence-corrected chi connectivity index (χ0v) is 11.7. The first-order valence-electron chi connectivity index (χ1n) is 5.66. The van der Waals surface area contributed by atoms with Crippen LogP contribution in [-0.2, 0) is 0 Å². The molecule has 0 saturated carbocycles. The van der Waals surface area contributed by atoms with Gasteiger partial charge in [-0.3, -0.25) is 0 Å². The van der Waals surface area contributed by atoms with Crippen LogP contribution in [0.1, 0.15) is 0 Å². The molecule has 1 N–H and O–H groups in total. The molecular formula is C14H10BrFN2O. The van der Waals surface area contributed by atoms with Crippen LogP contribution in [0.25, 0.3) is 22.4 Å². The summed E-state index contributed by atoms with van der Waals surface area (Å²) in [5.41, 5.74) is 2.21. The van der Waals surface area contributed by atoms with Gasteiger partial charge in [-0.1, -0.05) is 15.9 Å². The molecule has 0 amide bonds. The molecule has 0 unspecified atom stereocenters. The maximum absolute atomic E-state index is 13.2. The van der Waals surface area contributed by atoms with Crippen LogP contribution in [0.2, 0.25) is 0 Å². The Balaban J connectivity index is 2.21. The van der Waals surface area contributed by atoms with Crippen molar-refractivity contribution in [3.63, 3.8) is 0 Å². The first-order valence-corrected chi connectivity index (χ1v) is 6.46. The number of aromatic amines is 1. The Kier molecular flexibility index (Phi) is 2.98. The van der Waals surface area contributed by atoms with Crippen molar-refractivity contribution in [2.24, 2.45) is 0 Å². The molecule has 0 bridgehead atoms. The van der Waals surface area contributed by atoms with Gasteiger partial charge in [-0.15, -0.1) is 0 Å². The van der Waals surface area contributed by atoms with E-state index in [9.17, 15) is 4.39 Å². The molecule has 96 valence electrons. The third kappa shape index (κ3) is 2.21. The van der Waals surface area contributed by atoms with Gasteiger partial charge in [0.1, 0.15) is 17.4 Å². The van der Waals surface area contributed by atoms with Gasteiger partial charge < -0.3 is 9.72 Å². The molecule has 0 radical (unpaired) electrons. The second-order valence-corrected chi connectivity index (χ2v) is 5.01. The minimum absolute atomic E-state index is 0.288. The molecular weight excluding hydrogens is 311 g/mol. The predicted octanol–water partition coefficient (Wildman–Crippen LogP) is 4.14. The van der Waals surface area contributed by atoms with Crippen molar-refractivity contribution in [3.05, 3.63) is 46.7 Å². The van der Waals surface area contributed by atoms with E-state index in [1.807, 2.05) is 18.2 Å². The van der Waals surface area contributed by atoms with E-state index in [1.165, 1.54) is 12.1 Å². The first kappa shape index (κ1) is 12.2. The Hall–Kier alpha value is -1.88. The molecule has 0 aliphatic rings. The van der Waals surface area contributed by atoms with E-state index in [0.29, 0.717) is 17.1 Å². The lowest BCUT2D eigenvalue weighted by Gasteiger charge is -2.06. The zero-order valence-electron chi connectivity index (χ0n) is 10.1. The molecule has 0 fully saturated rings. The van der Waals surface area contributed by atoms with Crippen LogP contribution >= 0.6 is 15.9 Å². The Morgan fingerprint density at radius 2 is 2.05 bits per heavy atom. The normalized spacial score (nSPS) is 10.9. The number of benzene rings is 2. The average molecular weight is 321 g/mol. The summed E-state index contributed by atoms with van der Waals surface area (Å²) in [6, 6.07) is 10.1. The molecule has 1 aromatic heterocycles. The number of halogens is 2. The fraction of sp³-hybridized carbons (Fsp3) is 0.0714. The fourth-order valence-corrected chi connectivity index (χ4v) is 2.34. The van der Waals surface area contributed by atoms with Gasteiger partial charge in [0.15, 0.2) is 0 Å². The van der Waals surface area contributed by atoms with Gasteiger partial charge in [0.05, 0.1) is 23.7 Å². The van der Waals surface area contributed by atoms with Gasteiger partial charge in [0.2, 0.25) is 0 Å². The Morgan fingerprint density at radius 3 is 2.84 bits per heavy atom. The van der Waals surface area contributed by atoms with Crippen molar-refractivity contribution >= 4 is 27.0 Å². The van der Waals surface area contributed by atoms with Gasteiger partial charge >= 0.3 is 0 Å². The fourth-order valence-electron chi connectivity index (χ4n) is 1.97. The molecule has 1 heterocycles. The van der Waals surface area contributed by atoms with Crippen LogP contribution in [0.4, 0.5) is 4.39 Å². The van der Waals surface area contributed by atoms with Crippen molar-refractivity contribution in [2.75, 3.05) is 7.11 Å². The number of hydrogen-bond acceptors (Lipinski definition) is 2. The van der Waals surface area contributed by atoms with Gasteiger partial charge in [-0.2, -0.15) is 0 Å². The van der Waals surface area contributed by atoms with Gasteiger partial charge in [0.25, 0.3) is 0 Å². The van der Waals surface area contributed by atoms with Crippen LogP contribution in [-0.4, -0.2) is 17.1 Å². The average Bonchev–Trinajstić information content (AvgIpc) is 2.81. The van der Waals surface area contributed by atoms with E-state index in [1.54, 1.807) is 13.2 Å². The number of aromatic nitrogens is 2. The van der Waals surface area contributed by atoms with Crippen molar-refractivity contribution in [1.29, 1.82) is 0 Å². The van der Waals surface area contributed by atoms with Crippen molar-refractivity contribution in [2.45, 2.75) is 0 Å². The SMILES string of the molecule is COc1ccc(Br)cc1-c1nc2ccc(F)cc2[nH]1. The lowest BCUT2D eigenvalue weighted by molar-refractivity contribution is 0.416. The molecule has 0 atom stereocenters. The Labute approximate surface area is 117 Å². The largest absolute Gasteiger partial charge is 0.496 e. The van der Waals surface area contributed by atoms with E-state index in [2.05, 4.69) is 25.9 Å². The number of ether oxygens (including phenoxy) is 1. The summed E-state index contributed by atoms with van der Waals surface area (Å²) in [7, 11) is 1.61. The van der Waals surface area contributed by atoms with Crippen molar-refractivity contribution in [1.82, 2.24) is 9.97 Å². The van der Waals surface area contributed by atoms with E-state index >= 15 is 0 Å². The highest BCUT2D eigenvalue weighted by molar-refractivity contribution is 9.10. The molecule has 0 saturated heterocycles. The van der Waals surface area contributed by atoms with E-state index in [0.717, 1.165) is 15.6 Å². The number of rotatable bonds is 2. The van der Waals surface area contributed by atoms with E-state index in [4.69, 9.17) is 4.74 Å². The molecule has 19 heavy (non-hydrogen) atoms. The predicted molar refractivity (Wildman–Crippen MR) is 75.7 cm³/mol. The standard InChI is InChI=1S/C14H10BrFN2O/c1-19-13-5-2-8(15)6-10(13)14-17-11-4-3-9(16)7-12(11)18-14/h2-7H,1H3,(H,17,18). The van der Waals surface area contributed by atoms with Crippen molar-refractivity contribution in [3.8, 4) is 17.1 Å². The molecule has 0 aliphatic heterocycles. The highest BCUT2D eigenvalue weighted by Crippen LogP contribution is 2.32. The summed E-state index contributed by atoms with van der Waals surface area (Å²) in [5.74, 6) is 1.07. The van der Waals surface area contributed by atoms with Crippen molar-refractivity contribution < 1.29 is 9.13 Å². The lowest BCUT2D eigenvalue weighted by Crippen LogP contribution is -1.89. The zero-order chi connectivity index (χ0) is 13.4. The van der Waals surface area contributed by atoms with Gasteiger partial charge in [0, 0.05) is 4.47 Å². The quantitative estimate of drug-likeness (QED) is 0.770. The third-order valence-corrected chi connectivity index (χ3v) is 3.35. The number of H-pyrrole nitrogens is 1. The number of hydrogen-bond donors (Lipinski definition) is 1. The number of nitrogens with zero attached hydrogens (tertiary/aromatic N) is 1. The monoisotopic (exact) mass is 320 g/mol. The second kappa shape index (κ2) is 4.66. The maximum atomic E-state index is 13.2. The number of methoxy groups -OCH3 is 1. The number of nitrogens with one attached hydrogen (secondary N) is 1. The summed E-state index contributed by atoms with van der Waals surface area (Å²) in [4.78, 5) is 7.55. The summed E-state index contributed by atoms with van der Waals surface area (Å²) >= 11 is 3.42. The molecule has 0 spiro atoms. The maximum Gasteiger partial charge on any atom is 0.142 e. The number of fused-ring (bicyclic) bond motifs is 1. The second-order valence-electron chi connectivity index (χ2n) is 4.09. The summed E-state index contributed by atoms with van der Waals surface area (Å²) in [6.45, 7) is 0. The summed E-state index contributed by atoms with van der Waals surface area (Å²) in [5, 5.41) is 0. The highest BCUT2D eigenvalue weighted by atomic mass is 79.9. The number of imidazole rings is 1. The molecule has 5 heteroatoms. The van der Waals surface area contributed by atoms with Gasteiger partial charge in [-0.25, -0.2) is 9.37 Å². The molecule has 3 aromatic rings. The van der Waals surface area contributed by atoms with E-state index in [-0.39, 0.29) is 5.82 Å². The first-order chi connectivity index (χ1) is 9.17. The highest BCUT2D eigenvalue weighted by Gasteiger charge is 2.11. The topological polar surface area (TPSA) is 37.9 Å². The summed E-state index contributed by atoms with van der Waals surface area (Å²) < 4.78 is 19.4.